The Kier molecular flexibility index (Phi) is 6.19. The monoisotopic (exact) mass is 266 g/mol. The first-order valence-electron chi connectivity index (χ1n) is 6.73. The maximum Gasteiger partial charge on any atom is 0.303 e. The molecule has 0 aliphatic carbocycles. The Balaban J connectivity index is 3.09. The predicted octanol–water partition coefficient (Wildman–Crippen LogP) is 3.45. The standard InChI is InChI=1S/C15H22O4/c1-4-11(9-15(16)17)13-10-12(18-5-2)7-8-14(13)19-6-3/h7-8,10-11H,4-6,9H2,1-3H3,(H,16,17). The molecule has 0 saturated heterocycles. The number of rotatable bonds is 8. The number of hydrogen-bond donors (Lipinski definition) is 1. The quantitative estimate of drug-likeness (QED) is 0.783. The maximum atomic E-state index is 10.9. The Hall–Kier alpha value is -1.71. The number of carboxylic acid groups (broad SMARTS) is 1. The van der Waals surface area contributed by atoms with Crippen LogP contribution in [0.2, 0.25) is 0 Å². The molecule has 0 radical (unpaired) electrons. The molecule has 1 rings (SSSR count). The summed E-state index contributed by atoms with van der Waals surface area (Å²) in [5.74, 6) is 0.652. The third kappa shape index (κ3) is 4.47. The van der Waals surface area contributed by atoms with Crippen LogP contribution in [0, 0.1) is 0 Å². The number of ether oxygens (including phenoxy) is 2. The molecule has 106 valence electrons. The number of aliphatic carboxylic acids is 1. The largest absolute Gasteiger partial charge is 0.494 e. The second-order valence-electron chi connectivity index (χ2n) is 4.27. The molecule has 0 fully saturated rings. The van der Waals surface area contributed by atoms with E-state index in [2.05, 4.69) is 0 Å². The molecule has 1 unspecified atom stereocenters. The molecule has 0 aliphatic heterocycles. The highest BCUT2D eigenvalue weighted by atomic mass is 16.5. The molecule has 0 saturated carbocycles. The van der Waals surface area contributed by atoms with Gasteiger partial charge in [0.1, 0.15) is 11.5 Å². The lowest BCUT2D eigenvalue weighted by atomic mass is 9.92. The molecule has 1 N–H and O–H groups in total. The van der Waals surface area contributed by atoms with Gasteiger partial charge in [0, 0.05) is 5.56 Å². The van der Waals surface area contributed by atoms with Crippen molar-refractivity contribution >= 4 is 5.97 Å². The topological polar surface area (TPSA) is 55.8 Å². The summed E-state index contributed by atoms with van der Waals surface area (Å²) in [6.07, 6.45) is 0.855. The van der Waals surface area contributed by atoms with Crippen molar-refractivity contribution in [3.05, 3.63) is 23.8 Å². The van der Waals surface area contributed by atoms with Crippen LogP contribution in [-0.2, 0) is 4.79 Å². The summed E-state index contributed by atoms with van der Waals surface area (Å²) in [5, 5.41) is 9.00. The van der Waals surface area contributed by atoms with Crippen molar-refractivity contribution in [3.8, 4) is 11.5 Å². The molecular formula is C15H22O4. The second-order valence-corrected chi connectivity index (χ2v) is 4.27. The molecule has 1 atom stereocenters. The first kappa shape index (κ1) is 15.3. The lowest BCUT2D eigenvalue weighted by Gasteiger charge is -2.18. The molecule has 0 heterocycles. The molecule has 1 aromatic carbocycles. The second kappa shape index (κ2) is 7.67. The van der Waals surface area contributed by atoms with Crippen LogP contribution in [0.4, 0.5) is 0 Å². The summed E-state index contributed by atoms with van der Waals surface area (Å²) in [5.41, 5.74) is 0.915. The van der Waals surface area contributed by atoms with Crippen LogP contribution in [0.15, 0.2) is 18.2 Å². The first-order chi connectivity index (χ1) is 9.12. The fraction of sp³-hybridized carbons (Fsp3) is 0.533. The van der Waals surface area contributed by atoms with Gasteiger partial charge < -0.3 is 14.6 Å². The Labute approximate surface area is 114 Å². The molecular weight excluding hydrogens is 244 g/mol. The lowest BCUT2D eigenvalue weighted by molar-refractivity contribution is -0.137. The van der Waals surface area contributed by atoms with Gasteiger partial charge in [0.15, 0.2) is 0 Å². The van der Waals surface area contributed by atoms with Crippen molar-refractivity contribution in [1.82, 2.24) is 0 Å². The molecule has 0 aliphatic rings. The van der Waals surface area contributed by atoms with Crippen molar-refractivity contribution in [2.45, 2.75) is 39.5 Å². The minimum atomic E-state index is -0.795. The summed E-state index contributed by atoms with van der Waals surface area (Å²) >= 11 is 0. The van der Waals surface area contributed by atoms with Gasteiger partial charge >= 0.3 is 5.97 Å². The van der Waals surface area contributed by atoms with Gasteiger partial charge in [-0.05, 0) is 44.4 Å². The molecule has 4 heteroatoms. The Morgan fingerprint density at radius 1 is 1.21 bits per heavy atom. The number of carboxylic acids is 1. The van der Waals surface area contributed by atoms with E-state index in [4.69, 9.17) is 14.6 Å². The SMILES string of the molecule is CCOc1ccc(OCC)c(C(CC)CC(=O)O)c1. The fourth-order valence-corrected chi connectivity index (χ4v) is 2.07. The van der Waals surface area contributed by atoms with Gasteiger partial charge in [-0.25, -0.2) is 0 Å². The van der Waals surface area contributed by atoms with Crippen LogP contribution < -0.4 is 9.47 Å². The lowest BCUT2D eigenvalue weighted by Crippen LogP contribution is -2.08. The van der Waals surface area contributed by atoms with Gasteiger partial charge in [0.05, 0.1) is 19.6 Å². The molecule has 0 aromatic heterocycles. The van der Waals surface area contributed by atoms with Crippen molar-refractivity contribution in [2.24, 2.45) is 0 Å². The van der Waals surface area contributed by atoms with Crippen molar-refractivity contribution < 1.29 is 19.4 Å². The summed E-state index contributed by atoms with van der Waals surface area (Å²) < 4.78 is 11.1. The first-order valence-corrected chi connectivity index (χ1v) is 6.73. The van der Waals surface area contributed by atoms with Crippen molar-refractivity contribution in [1.29, 1.82) is 0 Å². The summed E-state index contributed by atoms with van der Waals surface area (Å²) in [7, 11) is 0. The van der Waals surface area contributed by atoms with Gasteiger partial charge in [-0.3, -0.25) is 4.79 Å². The highest BCUT2D eigenvalue weighted by Gasteiger charge is 2.18. The Morgan fingerprint density at radius 3 is 2.42 bits per heavy atom. The highest BCUT2D eigenvalue weighted by molar-refractivity contribution is 5.68. The van der Waals surface area contributed by atoms with Crippen LogP contribution in [0.25, 0.3) is 0 Å². The van der Waals surface area contributed by atoms with E-state index in [0.717, 1.165) is 23.5 Å². The van der Waals surface area contributed by atoms with Crippen LogP contribution in [-0.4, -0.2) is 24.3 Å². The van der Waals surface area contributed by atoms with E-state index in [0.29, 0.717) is 13.2 Å². The van der Waals surface area contributed by atoms with E-state index in [-0.39, 0.29) is 12.3 Å². The summed E-state index contributed by atoms with van der Waals surface area (Å²) in [4.78, 5) is 10.9. The molecule has 0 spiro atoms. The van der Waals surface area contributed by atoms with Crippen molar-refractivity contribution in [3.63, 3.8) is 0 Å². The zero-order valence-electron chi connectivity index (χ0n) is 11.8. The predicted molar refractivity (Wildman–Crippen MR) is 74.1 cm³/mol. The van der Waals surface area contributed by atoms with Crippen LogP contribution in [0.3, 0.4) is 0 Å². The number of benzene rings is 1. The molecule has 1 aromatic rings. The summed E-state index contributed by atoms with van der Waals surface area (Å²) in [6.45, 7) is 6.97. The minimum absolute atomic E-state index is 0.0561. The molecule has 19 heavy (non-hydrogen) atoms. The van der Waals surface area contributed by atoms with Gasteiger partial charge in [-0.15, -0.1) is 0 Å². The van der Waals surface area contributed by atoms with E-state index in [1.165, 1.54) is 0 Å². The zero-order valence-corrected chi connectivity index (χ0v) is 11.8. The van der Waals surface area contributed by atoms with Crippen LogP contribution in [0.5, 0.6) is 11.5 Å². The number of hydrogen-bond acceptors (Lipinski definition) is 3. The van der Waals surface area contributed by atoms with Gasteiger partial charge in [-0.2, -0.15) is 0 Å². The Morgan fingerprint density at radius 2 is 1.89 bits per heavy atom. The third-order valence-electron chi connectivity index (χ3n) is 2.95. The van der Waals surface area contributed by atoms with Crippen LogP contribution in [0.1, 0.15) is 45.1 Å². The van der Waals surface area contributed by atoms with E-state index >= 15 is 0 Å². The van der Waals surface area contributed by atoms with Gasteiger partial charge in [-0.1, -0.05) is 6.92 Å². The zero-order chi connectivity index (χ0) is 14.3. The fourth-order valence-electron chi connectivity index (χ4n) is 2.07. The number of carbonyl (C=O) groups is 1. The maximum absolute atomic E-state index is 10.9. The smallest absolute Gasteiger partial charge is 0.303 e. The molecule has 4 nitrogen and oxygen atoms in total. The van der Waals surface area contributed by atoms with Gasteiger partial charge in [0.25, 0.3) is 0 Å². The highest BCUT2D eigenvalue weighted by Crippen LogP contribution is 2.34. The minimum Gasteiger partial charge on any atom is -0.494 e. The van der Waals surface area contributed by atoms with E-state index in [1.807, 2.05) is 39.0 Å². The summed E-state index contributed by atoms with van der Waals surface area (Å²) in [6, 6.07) is 5.60. The third-order valence-corrected chi connectivity index (χ3v) is 2.95. The van der Waals surface area contributed by atoms with Gasteiger partial charge in [0.2, 0.25) is 0 Å². The average Bonchev–Trinajstić information content (AvgIpc) is 2.38. The molecule has 0 amide bonds. The van der Waals surface area contributed by atoms with Crippen molar-refractivity contribution in [2.75, 3.05) is 13.2 Å². The normalized spacial score (nSPS) is 11.9. The van der Waals surface area contributed by atoms with E-state index in [1.54, 1.807) is 0 Å². The van der Waals surface area contributed by atoms with E-state index < -0.39 is 5.97 Å². The average molecular weight is 266 g/mol. The Bertz CT molecular complexity index is 415. The van der Waals surface area contributed by atoms with E-state index in [9.17, 15) is 4.79 Å². The molecule has 0 bridgehead atoms. The van der Waals surface area contributed by atoms with Crippen LogP contribution >= 0.6 is 0 Å².